The van der Waals surface area contributed by atoms with Crippen LogP contribution in [0.1, 0.15) is 86.1 Å². The maximum absolute atomic E-state index is 14.2. The van der Waals surface area contributed by atoms with Crippen molar-refractivity contribution in [3.8, 4) is 0 Å². The van der Waals surface area contributed by atoms with E-state index in [1.54, 1.807) is 29.1 Å². The highest BCUT2D eigenvalue weighted by Gasteiger charge is 2.47. The highest BCUT2D eigenvalue weighted by Crippen LogP contribution is 2.41. The summed E-state index contributed by atoms with van der Waals surface area (Å²) in [7, 11) is 0. The molecule has 6 rings (SSSR count). The van der Waals surface area contributed by atoms with E-state index in [0.717, 1.165) is 0 Å². The number of alkyl halides is 24. The van der Waals surface area contributed by atoms with Crippen LogP contribution >= 0.6 is 0 Å². The Morgan fingerprint density at radius 3 is 0.897 bits per heavy atom. The molecule has 0 aliphatic rings. The van der Waals surface area contributed by atoms with Crippen LogP contribution < -0.4 is 26.4 Å². The zero-order valence-corrected chi connectivity index (χ0v) is 39.1. The molecular weight excluding hydrogens is 1120 g/mol. The number of nitrogens with zero attached hydrogens (tertiary/aromatic N) is 2. The van der Waals surface area contributed by atoms with Crippen molar-refractivity contribution in [1.82, 2.24) is 4.98 Å². The summed E-state index contributed by atoms with van der Waals surface area (Å²) in [6.07, 6.45) is -50.0. The molecule has 0 bridgehead atoms. The molecule has 1 heterocycles. The zero-order valence-electron chi connectivity index (χ0n) is 39.1. The number of hydrogen-bond acceptors (Lipinski definition) is 3. The lowest BCUT2D eigenvalue weighted by molar-refractivity contribution is -0.685. The molecule has 4 nitrogen and oxygen atoms in total. The standard InChI is InChI=1S/C32H12BF24.C17H19N2O2/c34-25(35,36)13-1-14(26(37,38)39)6-21(5-13)33(22-7-15(27(40,41)42)2-16(8-22)28(43,44)45,23-9-17(29(46,47)48)3-18(10-23)30(49,50)51)24-11-19(31(52,53)54)4-20(12-24)32(55,56)57;1-17(2,3)16(21)14-11-18-9-10-19(14)12-15(20)13-7-5-4-6-8-13/h1-12H;4-11H,12H2,1-3H3/q-1;+1. The van der Waals surface area contributed by atoms with Crippen LogP contribution in [0.5, 0.6) is 0 Å². The topological polar surface area (TPSA) is 50.9 Å². The summed E-state index contributed by atoms with van der Waals surface area (Å²) in [5.41, 5.74) is -29.6. The van der Waals surface area contributed by atoms with E-state index >= 15 is 0 Å². The molecule has 0 unspecified atom stereocenters. The van der Waals surface area contributed by atoms with E-state index in [1.807, 2.05) is 39.0 Å². The molecule has 6 aromatic rings. The first kappa shape index (κ1) is 61.8. The average Bonchev–Trinajstić information content (AvgIpc) is 3.29. The molecule has 0 saturated carbocycles. The molecule has 29 heteroatoms. The largest absolute Gasteiger partial charge is 0.416 e. The van der Waals surface area contributed by atoms with Gasteiger partial charge in [-0.05, 0) is 24.3 Å². The summed E-state index contributed by atoms with van der Waals surface area (Å²) in [5.74, 6) is -0.0637. The van der Waals surface area contributed by atoms with Crippen molar-refractivity contribution in [2.75, 3.05) is 0 Å². The molecule has 0 fully saturated rings. The average molecular weight is 1150 g/mol. The number of carbonyl (C=O) groups excluding carboxylic acids is 2. The van der Waals surface area contributed by atoms with E-state index < -0.39 is 200 Å². The molecule has 0 atom stereocenters. The Kier molecular flexibility index (Phi) is 16.6. The number of ketones is 2. The van der Waals surface area contributed by atoms with Gasteiger partial charge in [0.2, 0.25) is 18.1 Å². The van der Waals surface area contributed by atoms with Gasteiger partial charge in [0.05, 0.1) is 50.7 Å². The molecule has 0 amide bonds. The monoisotopic (exact) mass is 1150 g/mol. The number of aromatic nitrogens is 2. The van der Waals surface area contributed by atoms with E-state index in [0.29, 0.717) is 11.3 Å². The van der Waals surface area contributed by atoms with Crippen LogP contribution in [0.3, 0.4) is 0 Å². The fourth-order valence-electron chi connectivity index (χ4n) is 8.04. The number of carbonyl (C=O) groups is 2. The first-order valence-corrected chi connectivity index (χ1v) is 21.5. The highest BCUT2D eigenvalue weighted by molar-refractivity contribution is 7.20. The van der Waals surface area contributed by atoms with Gasteiger partial charge in [-0.1, -0.05) is 99.6 Å². The minimum atomic E-state index is -6.13. The third kappa shape index (κ3) is 14.1. The predicted octanol–water partition coefficient (Wildman–Crippen LogP) is 13.7. The summed E-state index contributed by atoms with van der Waals surface area (Å²) in [4.78, 5) is 28.7. The minimum Gasteiger partial charge on any atom is -0.287 e. The molecule has 78 heavy (non-hydrogen) atoms. The Bertz CT molecular complexity index is 2740. The Morgan fingerprint density at radius 2 is 0.667 bits per heavy atom. The molecule has 0 aliphatic heterocycles. The van der Waals surface area contributed by atoms with E-state index in [2.05, 4.69) is 4.98 Å². The highest BCUT2D eigenvalue weighted by atomic mass is 19.4. The van der Waals surface area contributed by atoms with Crippen molar-refractivity contribution in [2.24, 2.45) is 5.41 Å². The van der Waals surface area contributed by atoms with Gasteiger partial charge in [-0.25, -0.2) is 0 Å². The van der Waals surface area contributed by atoms with Crippen LogP contribution in [-0.2, 0) is 56.0 Å². The third-order valence-electron chi connectivity index (χ3n) is 11.6. The third-order valence-corrected chi connectivity index (χ3v) is 11.6. The quantitative estimate of drug-likeness (QED) is 0.0660. The van der Waals surface area contributed by atoms with E-state index in [1.165, 1.54) is 6.20 Å². The number of halogens is 24. The number of hydrogen-bond donors (Lipinski definition) is 0. The van der Waals surface area contributed by atoms with E-state index in [-0.39, 0.29) is 18.1 Å². The summed E-state index contributed by atoms with van der Waals surface area (Å²) in [6, 6.07) is 0.252. The van der Waals surface area contributed by atoms with Crippen molar-refractivity contribution in [2.45, 2.75) is 76.7 Å². The Labute approximate surface area is 423 Å². The number of Topliss-reactive ketones (excluding diaryl/α,β-unsaturated/α-hetero) is 2. The molecule has 0 saturated heterocycles. The summed E-state index contributed by atoms with van der Waals surface area (Å²) >= 11 is 0. The summed E-state index contributed by atoms with van der Waals surface area (Å²) in [5, 5.41) is 0. The van der Waals surface area contributed by atoms with Crippen LogP contribution in [0.2, 0.25) is 0 Å². The first-order chi connectivity index (χ1) is 35.2. The lowest BCUT2D eigenvalue weighted by atomic mass is 9.12. The normalized spacial score (nSPS) is 13.5. The van der Waals surface area contributed by atoms with Crippen LogP contribution in [0.4, 0.5) is 105 Å². The van der Waals surface area contributed by atoms with Gasteiger partial charge in [-0.2, -0.15) is 132 Å². The van der Waals surface area contributed by atoms with Crippen molar-refractivity contribution in [1.29, 1.82) is 0 Å². The molecule has 5 aromatic carbocycles. The predicted molar refractivity (Wildman–Crippen MR) is 229 cm³/mol. The molecule has 420 valence electrons. The van der Waals surface area contributed by atoms with Crippen molar-refractivity contribution >= 4 is 39.6 Å². The van der Waals surface area contributed by atoms with Gasteiger partial charge in [-0.15, -0.1) is 0 Å². The van der Waals surface area contributed by atoms with E-state index in [4.69, 9.17) is 0 Å². The number of benzene rings is 5. The van der Waals surface area contributed by atoms with Crippen LogP contribution in [0.15, 0.2) is 122 Å². The van der Waals surface area contributed by atoms with Gasteiger partial charge in [0, 0.05) is 11.0 Å². The fourth-order valence-corrected chi connectivity index (χ4v) is 8.04. The first-order valence-electron chi connectivity index (χ1n) is 21.5. The second kappa shape index (κ2) is 20.9. The van der Waals surface area contributed by atoms with Gasteiger partial charge in [0.15, 0.2) is 6.20 Å². The maximum Gasteiger partial charge on any atom is 0.416 e. The molecular formula is C49H31BF24N2O2. The molecule has 0 radical (unpaired) electrons. The molecule has 0 N–H and O–H groups in total. The smallest absolute Gasteiger partial charge is 0.287 e. The van der Waals surface area contributed by atoms with Gasteiger partial charge in [-0.3, -0.25) is 14.6 Å². The lowest BCUT2D eigenvalue weighted by Gasteiger charge is -2.46. The van der Waals surface area contributed by atoms with Crippen LogP contribution in [0.25, 0.3) is 0 Å². The SMILES string of the molecule is CC(C)(C)C(=O)c1cncc[n+]1CC(=O)c1ccccc1.FC(F)(F)c1cc([B-](c2cc(C(F)(F)F)cc(C(F)(F)F)c2)(c2cc(C(F)(F)F)cc(C(F)(F)F)c2)c2cc(C(F)(F)F)cc(C(F)(F)F)c2)cc(C(F)(F)F)c1. The molecule has 0 aliphatic carbocycles. The second-order valence-corrected chi connectivity index (χ2v) is 18.2. The lowest BCUT2D eigenvalue weighted by Crippen LogP contribution is -2.75. The fraction of sp³-hybridized carbons (Fsp3) is 0.265. The molecule has 0 spiro atoms. The summed E-state index contributed by atoms with van der Waals surface area (Å²) in [6.45, 7) is 5.69. The minimum absolute atomic E-state index is 0.0311. The van der Waals surface area contributed by atoms with Crippen LogP contribution in [-0.4, -0.2) is 22.7 Å². The summed E-state index contributed by atoms with van der Waals surface area (Å²) < 4.78 is 342. The Balaban J connectivity index is 0.000000443. The van der Waals surface area contributed by atoms with Crippen molar-refractivity contribution < 1.29 is 120 Å². The Morgan fingerprint density at radius 1 is 0.410 bits per heavy atom. The van der Waals surface area contributed by atoms with Gasteiger partial charge in [0.25, 0.3) is 5.69 Å². The van der Waals surface area contributed by atoms with Gasteiger partial charge < -0.3 is 0 Å². The van der Waals surface area contributed by atoms with Gasteiger partial charge >= 0.3 is 49.4 Å². The Hall–Kier alpha value is -7.10. The number of rotatable bonds is 8. The molecule has 1 aromatic heterocycles. The van der Waals surface area contributed by atoms with Crippen molar-refractivity contribution in [3.63, 3.8) is 0 Å². The zero-order chi connectivity index (χ0) is 59.4. The maximum atomic E-state index is 14.2. The van der Waals surface area contributed by atoms with Crippen LogP contribution in [0, 0.1) is 5.41 Å². The van der Waals surface area contributed by atoms with Gasteiger partial charge in [0.1, 0.15) is 12.3 Å². The second-order valence-electron chi connectivity index (χ2n) is 18.2. The van der Waals surface area contributed by atoms with Crippen molar-refractivity contribution in [3.05, 3.63) is 177 Å². The van der Waals surface area contributed by atoms with E-state index in [9.17, 15) is 115 Å².